The number of hydrogen-bond acceptors (Lipinski definition) is 5. The second-order valence-electron chi connectivity index (χ2n) is 4.53. The van der Waals surface area contributed by atoms with Gasteiger partial charge in [-0.05, 0) is 11.6 Å². The highest BCUT2D eigenvalue weighted by atomic mass is 35.5. The van der Waals surface area contributed by atoms with Crippen LogP contribution in [0.25, 0.3) is 11.4 Å². The SMILES string of the molecule is FCc1cnc(-c2ccccc2)nc1Nc1nc(Cl)ncc1F. The van der Waals surface area contributed by atoms with Gasteiger partial charge in [-0.25, -0.2) is 23.7 Å². The molecule has 0 bridgehead atoms. The minimum Gasteiger partial charge on any atom is -0.322 e. The molecule has 0 aliphatic carbocycles. The molecule has 23 heavy (non-hydrogen) atoms. The molecule has 3 aromatic rings. The van der Waals surface area contributed by atoms with Crippen LogP contribution in [-0.2, 0) is 6.67 Å². The lowest BCUT2D eigenvalue weighted by atomic mass is 10.2. The number of benzene rings is 1. The Kier molecular flexibility index (Phi) is 4.38. The third-order valence-electron chi connectivity index (χ3n) is 2.99. The highest BCUT2D eigenvalue weighted by molar-refractivity contribution is 6.28. The Morgan fingerprint density at radius 3 is 2.52 bits per heavy atom. The summed E-state index contributed by atoms with van der Waals surface area (Å²) in [5.74, 6) is -0.405. The van der Waals surface area contributed by atoms with E-state index < -0.39 is 12.5 Å². The molecule has 116 valence electrons. The number of rotatable bonds is 4. The van der Waals surface area contributed by atoms with E-state index in [2.05, 4.69) is 25.3 Å². The molecule has 0 amide bonds. The van der Waals surface area contributed by atoms with Gasteiger partial charge >= 0.3 is 0 Å². The number of hydrogen-bond donors (Lipinski definition) is 1. The summed E-state index contributed by atoms with van der Waals surface area (Å²) < 4.78 is 26.9. The molecule has 0 radical (unpaired) electrons. The molecule has 5 nitrogen and oxygen atoms in total. The highest BCUT2D eigenvalue weighted by Crippen LogP contribution is 2.24. The molecule has 0 spiro atoms. The number of nitrogens with one attached hydrogen (secondary N) is 1. The van der Waals surface area contributed by atoms with Crippen LogP contribution in [-0.4, -0.2) is 19.9 Å². The lowest BCUT2D eigenvalue weighted by Gasteiger charge is -2.10. The third-order valence-corrected chi connectivity index (χ3v) is 3.17. The monoisotopic (exact) mass is 333 g/mol. The number of nitrogens with zero attached hydrogens (tertiary/aromatic N) is 4. The molecule has 0 saturated heterocycles. The third kappa shape index (κ3) is 3.40. The maximum absolute atomic E-state index is 13.7. The van der Waals surface area contributed by atoms with Crippen molar-refractivity contribution in [2.45, 2.75) is 6.67 Å². The van der Waals surface area contributed by atoms with Crippen LogP contribution in [0.1, 0.15) is 5.56 Å². The lowest BCUT2D eigenvalue weighted by molar-refractivity contribution is 0.484. The van der Waals surface area contributed by atoms with Crippen LogP contribution >= 0.6 is 11.6 Å². The van der Waals surface area contributed by atoms with Crippen LogP contribution in [0, 0.1) is 5.82 Å². The van der Waals surface area contributed by atoms with E-state index in [0.717, 1.165) is 11.8 Å². The van der Waals surface area contributed by atoms with Crippen LogP contribution < -0.4 is 5.32 Å². The molecular weight excluding hydrogens is 324 g/mol. The van der Waals surface area contributed by atoms with Crippen molar-refractivity contribution in [1.82, 2.24) is 19.9 Å². The van der Waals surface area contributed by atoms with Gasteiger partial charge in [0.1, 0.15) is 12.5 Å². The quantitative estimate of drug-likeness (QED) is 0.733. The van der Waals surface area contributed by atoms with Crippen molar-refractivity contribution < 1.29 is 8.78 Å². The van der Waals surface area contributed by atoms with E-state index in [9.17, 15) is 8.78 Å². The molecule has 0 aliphatic heterocycles. The molecule has 0 atom stereocenters. The number of halogens is 3. The summed E-state index contributed by atoms with van der Waals surface area (Å²) in [7, 11) is 0. The van der Waals surface area contributed by atoms with Gasteiger partial charge in [-0.3, -0.25) is 0 Å². The maximum Gasteiger partial charge on any atom is 0.224 e. The first-order valence-electron chi connectivity index (χ1n) is 6.59. The Morgan fingerprint density at radius 2 is 1.78 bits per heavy atom. The lowest BCUT2D eigenvalue weighted by Crippen LogP contribution is -2.05. The molecule has 0 fully saturated rings. The fourth-order valence-corrected chi connectivity index (χ4v) is 2.02. The summed E-state index contributed by atoms with van der Waals surface area (Å²) in [4.78, 5) is 15.6. The Bertz CT molecular complexity index is 829. The van der Waals surface area contributed by atoms with Gasteiger partial charge in [-0.15, -0.1) is 0 Å². The summed E-state index contributed by atoms with van der Waals surface area (Å²) in [6.45, 7) is -0.808. The van der Waals surface area contributed by atoms with Crippen LogP contribution in [0.4, 0.5) is 20.4 Å². The minimum atomic E-state index is -0.808. The zero-order valence-electron chi connectivity index (χ0n) is 11.7. The molecule has 0 aliphatic rings. The van der Waals surface area contributed by atoms with E-state index in [-0.39, 0.29) is 22.5 Å². The number of alkyl halides is 1. The fourth-order valence-electron chi connectivity index (χ4n) is 1.88. The van der Waals surface area contributed by atoms with Gasteiger partial charge in [-0.2, -0.15) is 4.98 Å². The molecule has 1 N–H and O–H groups in total. The van der Waals surface area contributed by atoms with Crippen molar-refractivity contribution in [3.05, 3.63) is 59.4 Å². The van der Waals surface area contributed by atoms with Crippen LogP contribution in [0.2, 0.25) is 5.28 Å². The summed E-state index contributed by atoms with van der Waals surface area (Å²) in [5.41, 5.74) is 0.931. The average molecular weight is 334 g/mol. The minimum absolute atomic E-state index is 0.120. The summed E-state index contributed by atoms with van der Waals surface area (Å²) in [5, 5.41) is 2.51. The van der Waals surface area contributed by atoms with Crippen molar-refractivity contribution in [3.8, 4) is 11.4 Å². The zero-order chi connectivity index (χ0) is 16.2. The predicted octanol–water partition coefficient (Wildman–Crippen LogP) is 3.94. The maximum atomic E-state index is 13.7. The second-order valence-corrected chi connectivity index (χ2v) is 4.87. The van der Waals surface area contributed by atoms with Gasteiger partial charge in [-0.1, -0.05) is 30.3 Å². The molecule has 0 unspecified atom stereocenters. The van der Waals surface area contributed by atoms with Gasteiger partial charge in [0.2, 0.25) is 5.28 Å². The van der Waals surface area contributed by atoms with Gasteiger partial charge in [0.25, 0.3) is 0 Å². The molecular formula is C15H10ClF2N5. The van der Waals surface area contributed by atoms with E-state index in [1.165, 1.54) is 6.20 Å². The van der Waals surface area contributed by atoms with E-state index in [0.29, 0.717) is 5.82 Å². The number of aromatic nitrogens is 4. The van der Waals surface area contributed by atoms with E-state index >= 15 is 0 Å². The van der Waals surface area contributed by atoms with Gasteiger partial charge < -0.3 is 5.32 Å². The molecule has 2 heterocycles. The Morgan fingerprint density at radius 1 is 1.00 bits per heavy atom. The first-order valence-corrected chi connectivity index (χ1v) is 6.97. The van der Waals surface area contributed by atoms with Crippen LogP contribution in [0.15, 0.2) is 42.7 Å². The van der Waals surface area contributed by atoms with Crippen LogP contribution in [0.5, 0.6) is 0 Å². The van der Waals surface area contributed by atoms with Crippen molar-refractivity contribution in [1.29, 1.82) is 0 Å². The van der Waals surface area contributed by atoms with Crippen LogP contribution in [0.3, 0.4) is 0 Å². The Balaban J connectivity index is 2.01. The van der Waals surface area contributed by atoms with Gasteiger partial charge in [0, 0.05) is 17.3 Å². The van der Waals surface area contributed by atoms with E-state index in [4.69, 9.17) is 11.6 Å². The number of anilines is 2. The van der Waals surface area contributed by atoms with Gasteiger partial charge in [0.05, 0.1) is 6.20 Å². The largest absolute Gasteiger partial charge is 0.322 e. The van der Waals surface area contributed by atoms with Crippen molar-refractivity contribution in [2.24, 2.45) is 0 Å². The van der Waals surface area contributed by atoms with Crippen molar-refractivity contribution in [3.63, 3.8) is 0 Å². The molecule has 3 rings (SSSR count). The summed E-state index contributed by atoms with van der Waals surface area (Å²) in [6.07, 6.45) is 2.27. The van der Waals surface area contributed by atoms with Crippen molar-refractivity contribution in [2.75, 3.05) is 5.32 Å². The molecule has 2 aromatic heterocycles. The molecule has 8 heteroatoms. The first-order chi connectivity index (χ1) is 11.2. The highest BCUT2D eigenvalue weighted by Gasteiger charge is 2.13. The Labute approximate surface area is 135 Å². The smallest absolute Gasteiger partial charge is 0.224 e. The fraction of sp³-hybridized carbons (Fsp3) is 0.0667. The molecule has 0 saturated carbocycles. The Hall–Kier alpha value is -2.67. The first kappa shape index (κ1) is 15.2. The second kappa shape index (κ2) is 6.62. The average Bonchev–Trinajstić information content (AvgIpc) is 2.59. The van der Waals surface area contributed by atoms with E-state index in [1.807, 2.05) is 30.3 Å². The molecule has 1 aromatic carbocycles. The predicted molar refractivity (Wildman–Crippen MR) is 82.6 cm³/mol. The summed E-state index contributed by atoms with van der Waals surface area (Å²) in [6, 6.07) is 9.15. The summed E-state index contributed by atoms with van der Waals surface area (Å²) >= 11 is 5.65. The normalized spacial score (nSPS) is 10.6. The standard InChI is InChI=1S/C15H10ClF2N5/c16-15-20-8-11(18)14(23-15)22-13-10(6-17)7-19-12(21-13)9-4-2-1-3-5-9/h1-5,7-8H,6H2,(H,19,20,21,22,23). The van der Waals surface area contributed by atoms with Gasteiger partial charge in [0.15, 0.2) is 17.5 Å². The van der Waals surface area contributed by atoms with E-state index in [1.54, 1.807) is 0 Å². The topological polar surface area (TPSA) is 63.6 Å². The zero-order valence-corrected chi connectivity index (χ0v) is 12.4. The van der Waals surface area contributed by atoms with Crippen molar-refractivity contribution >= 4 is 23.2 Å².